The zero-order valence-electron chi connectivity index (χ0n) is 12.1. The van der Waals surface area contributed by atoms with Crippen LogP contribution in [0.4, 0.5) is 0 Å². The van der Waals surface area contributed by atoms with Crippen molar-refractivity contribution in [2.24, 2.45) is 0 Å². The number of benzene rings is 1. The molecule has 20 heavy (non-hydrogen) atoms. The van der Waals surface area contributed by atoms with Crippen molar-refractivity contribution in [3.63, 3.8) is 0 Å². The molecule has 0 aliphatic heterocycles. The van der Waals surface area contributed by atoms with E-state index in [1.54, 1.807) is 23.9 Å². The van der Waals surface area contributed by atoms with E-state index in [-0.39, 0.29) is 5.92 Å². The van der Waals surface area contributed by atoms with E-state index in [9.17, 15) is 9.90 Å². The Hall–Kier alpha value is -1.49. The molecule has 0 atom stereocenters. The molecule has 0 unspecified atom stereocenters. The van der Waals surface area contributed by atoms with Gasteiger partial charge in [0.1, 0.15) is 5.82 Å². The monoisotopic (exact) mass is 292 g/mol. The van der Waals surface area contributed by atoms with Gasteiger partial charge in [-0.25, -0.2) is 9.78 Å². The van der Waals surface area contributed by atoms with Crippen molar-refractivity contribution in [1.82, 2.24) is 9.55 Å². The van der Waals surface area contributed by atoms with E-state index in [0.717, 1.165) is 35.6 Å². The molecule has 0 spiro atoms. The molecule has 1 heterocycles. The summed E-state index contributed by atoms with van der Waals surface area (Å²) >= 11 is 1.80. The first kappa shape index (κ1) is 14.9. The highest BCUT2D eigenvalue weighted by molar-refractivity contribution is 7.98. The van der Waals surface area contributed by atoms with Crippen molar-refractivity contribution in [3.05, 3.63) is 29.6 Å². The number of aromatic nitrogens is 2. The first-order valence-corrected chi connectivity index (χ1v) is 8.17. The minimum atomic E-state index is -0.892. The van der Waals surface area contributed by atoms with E-state index < -0.39 is 5.97 Å². The van der Waals surface area contributed by atoms with Crippen LogP contribution < -0.4 is 0 Å². The lowest BCUT2D eigenvalue weighted by Crippen LogP contribution is -2.09. The van der Waals surface area contributed by atoms with Crippen LogP contribution in [0.15, 0.2) is 18.2 Å². The third kappa shape index (κ3) is 2.82. The normalized spacial score (nSPS) is 11.4. The highest BCUT2D eigenvalue weighted by atomic mass is 32.2. The highest BCUT2D eigenvalue weighted by Crippen LogP contribution is 2.25. The van der Waals surface area contributed by atoms with Gasteiger partial charge in [0, 0.05) is 12.5 Å². The van der Waals surface area contributed by atoms with E-state index in [0.29, 0.717) is 5.56 Å². The zero-order chi connectivity index (χ0) is 14.7. The number of hydrogen-bond donors (Lipinski definition) is 1. The average molecular weight is 292 g/mol. The molecule has 0 aliphatic carbocycles. The highest BCUT2D eigenvalue weighted by Gasteiger charge is 2.18. The van der Waals surface area contributed by atoms with Crippen molar-refractivity contribution >= 4 is 28.8 Å². The van der Waals surface area contributed by atoms with Gasteiger partial charge in [-0.15, -0.1) is 0 Å². The van der Waals surface area contributed by atoms with E-state index in [1.807, 2.05) is 6.07 Å². The van der Waals surface area contributed by atoms with Gasteiger partial charge in [-0.3, -0.25) is 0 Å². The third-order valence-corrected chi connectivity index (χ3v) is 3.97. The second-order valence-electron chi connectivity index (χ2n) is 5.10. The number of rotatable bonds is 6. The van der Waals surface area contributed by atoms with Crippen molar-refractivity contribution in [1.29, 1.82) is 0 Å². The molecule has 1 N–H and O–H groups in total. The van der Waals surface area contributed by atoms with Crippen LogP contribution in [0.2, 0.25) is 0 Å². The predicted octanol–water partition coefficient (Wildman–Crippen LogP) is 3.61. The second kappa shape index (κ2) is 6.31. The summed E-state index contributed by atoms with van der Waals surface area (Å²) in [6.45, 7) is 4.99. The first-order chi connectivity index (χ1) is 9.56. The van der Waals surface area contributed by atoms with Gasteiger partial charge in [-0.1, -0.05) is 19.9 Å². The van der Waals surface area contributed by atoms with Gasteiger partial charge in [0.2, 0.25) is 0 Å². The molecule has 0 fully saturated rings. The molecular formula is C15H20N2O2S. The molecule has 2 rings (SSSR count). The zero-order valence-corrected chi connectivity index (χ0v) is 12.9. The minimum Gasteiger partial charge on any atom is -0.478 e. The average Bonchev–Trinajstić information content (AvgIpc) is 2.78. The van der Waals surface area contributed by atoms with E-state index in [1.165, 1.54) is 0 Å². The number of hydrogen-bond acceptors (Lipinski definition) is 3. The molecular weight excluding hydrogens is 272 g/mol. The third-order valence-electron chi connectivity index (χ3n) is 3.27. The van der Waals surface area contributed by atoms with Crippen LogP contribution in [0.5, 0.6) is 0 Å². The van der Waals surface area contributed by atoms with Gasteiger partial charge in [0.15, 0.2) is 0 Å². The van der Waals surface area contributed by atoms with Gasteiger partial charge in [-0.05, 0) is 30.6 Å². The molecule has 0 bridgehead atoms. The van der Waals surface area contributed by atoms with E-state index in [2.05, 4.69) is 29.7 Å². The number of aryl methyl sites for hydroxylation is 1. The number of fused-ring (bicyclic) bond motifs is 1. The van der Waals surface area contributed by atoms with Crippen LogP contribution in [0.25, 0.3) is 11.0 Å². The summed E-state index contributed by atoms with van der Waals surface area (Å²) < 4.78 is 2.08. The minimum absolute atomic E-state index is 0.276. The Morgan fingerprint density at radius 2 is 2.20 bits per heavy atom. The number of thioether (sulfide) groups is 1. The summed E-state index contributed by atoms with van der Waals surface area (Å²) in [6, 6.07) is 5.30. The quantitative estimate of drug-likeness (QED) is 0.826. The smallest absolute Gasteiger partial charge is 0.337 e. The number of carboxylic acid groups (broad SMARTS) is 1. The lowest BCUT2D eigenvalue weighted by Gasteiger charge is -2.12. The number of aromatic carboxylic acids is 1. The predicted molar refractivity (Wildman–Crippen MR) is 83.8 cm³/mol. The summed E-state index contributed by atoms with van der Waals surface area (Å²) in [6.07, 6.45) is 3.10. The lowest BCUT2D eigenvalue weighted by atomic mass is 10.1. The molecule has 0 aliphatic rings. The van der Waals surface area contributed by atoms with Crippen molar-refractivity contribution in [2.45, 2.75) is 32.7 Å². The largest absolute Gasteiger partial charge is 0.478 e. The van der Waals surface area contributed by atoms with Gasteiger partial charge in [-0.2, -0.15) is 11.8 Å². The van der Waals surface area contributed by atoms with Crippen LogP contribution in [-0.4, -0.2) is 32.6 Å². The molecule has 2 aromatic rings. The van der Waals surface area contributed by atoms with E-state index >= 15 is 0 Å². The fraction of sp³-hybridized carbons (Fsp3) is 0.467. The molecule has 0 saturated carbocycles. The maximum atomic E-state index is 11.4. The van der Waals surface area contributed by atoms with E-state index in [4.69, 9.17) is 0 Å². The summed E-state index contributed by atoms with van der Waals surface area (Å²) in [5, 5.41) is 9.38. The van der Waals surface area contributed by atoms with Gasteiger partial charge < -0.3 is 9.67 Å². The maximum Gasteiger partial charge on any atom is 0.337 e. The Morgan fingerprint density at radius 3 is 2.80 bits per heavy atom. The Labute approximate surface area is 123 Å². The summed E-state index contributed by atoms with van der Waals surface area (Å²) in [7, 11) is 0. The van der Waals surface area contributed by atoms with Crippen molar-refractivity contribution in [3.8, 4) is 0 Å². The van der Waals surface area contributed by atoms with Gasteiger partial charge >= 0.3 is 5.97 Å². The number of carbonyl (C=O) groups is 1. The maximum absolute atomic E-state index is 11.4. The van der Waals surface area contributed by atoms with Crippen molar-refractivity contribution in [2.75, 3.05) is 12.0 Å². The number of imidazole rings is 1. The molecule has 0 saturated heterocycles. The van der Waals surface area contributed by atoms with Crippen LogP contribution in [0, 0.1) is 0 Å². The number of nitrogens with zero attached hydrogens (tertiary/aromatic N) is 2. The molecule has 1 aromatic carbocycles. The number of carboxylic acids is 1. The summed E-state index contributed by atoms with van der Waals surface area (Å²) in [4.78, 5) is 16.1. The molecule has 108 valence electrons. The molecule has 5 heteroatoms. The standard InChI is InChI=1S/C15H20N2O2S/c1-10(2)14-16-12-7-4-6-11(15(18)19)13(12)17(14)8-5-9-20-3/h4,6-7,10H,5,8-9H2,1-3H3,(H,18,19). The Balaban J connectivity index is 2.58. The number of para-hydroxylation sites is 1. The lowest BCUT2D eigenvalue weighted by molar-refractivity contribution is 0.0698. The second-order valence-corrected chi connectivity index (χ2v) is 6.09. The fourth-order valence-electron chi connectivity index (χ4n) is 2.41. The van der Waals surface area contributed by atoms with Crippen LogP contribution >= 0.6 is 11.8 Å². The first-order valence-electron chi connectivity index (χ1n) is 6.77. The van der Waals surface area contributed by atoms with Crippen molar-refractivity contribution < 1.29 is 9.90 Å². The summed E-state index contributed by atoms with van der Waals surface area (Å²) in [5.74, 6) is 1.41. The van der Waals surface area contributed by atoms with Crippen LogP contribution in [-0.2, 0) is 6.54 Å². The molecule has 4 nitrogen and oxygen atoms in total. The summed E-state index contributed by atoms with van der Waals surface area (Å²) in [5.41, 5.74) is 1.87. The Kier molecular flexibility index (Phi) is 4.70. The van der Waals surface area contributed by atoms with Crippen LogP contribution in [0.1, 0.15) is 42.4 Å². The van der Waals surface area contributed by atoms with Gasteiger partial charge in [0.05, 0.1) is 16.6 Å². The Bertz CT molecular complexity index is 620. The molecule has 0 amide bonds. The van der Waals surface area contributed by atoms with Crippen LogP contribution in [0.3, 0.4) is 0 Å². The Morgan fingerprint density at radius 1 is 1.45 bits per heavy atom. The SMILES string of the molecule is CSCCCn1c(C(C)C)nc2cccc(C(=O)O)c21. The molecule has 0 radical (unpaired) electrons. The topological polar surface area (TPSA) is 55.1 Å². The van der Waals surface area contributed by atoms with Gasteiger partial charge in [0.25, 0.3) is 0 Å². The fourth-order valence-corrected chi connectivity index (χ4v) is 2.83. The molecule has 1 aromatic heterocycles.